The molecule has 0 atom stereocenters. The summed E-state index contributed by atoms with van der Waals surface area (Å²) in [5.41, 5.74) is 2.19. The van der Waals surface area contributed by atoms with Crippen LogP contribution < -0.4 is 0 Å². The molecular weight excluding hydrogens is 182 g/mol. The van der Waals surface area contributed by atoms with E-state index in [1.165, 1.54) is 31.4 Å². The zero-order valence-electron chi connectivity index (χ0n) is 9.66. The Bertz CT molecular complexity index is 358. The standard InChI is InChI=1S/C14H19N/c1-13(2)11-6-8-14(13,9-7-11)12-5-3-4-10-15-12/h3-5,10-11H,6-9H2,1-2H3. The van der Waals surface area contributed by atoms with Gasteiger partial charge in [-0.3, -0.25) is 4.98 Å². The van der Waals surface area contributed by atoms with Crippen molar-refractivity contribution < 1.29 is 0 Å². The molecule has 2 bridgehead atoms. The molecule has 0 aliphatic heterocycles. The van der Waals surface area contributed by atoms with Crippen molar-refractivity contribution in [2.45, 2.75) is 44.9 Å². The van der Waals surface area contributed by atoms with Crippen LogP contribution in [0.4, 0.5) is 0 Å². The minimum absolute atomic E-state index is 0.388. The lowest BCUT2D eigenvalue weighted by Crippen LogP contribution is -2.35. The minimum Gasteiger partial charge on any atom is -0.261 e. The molecule has 80 valence electrons. The van der Waals surface area contributed by atoms with Gasteiger partial charge in [-0.25, -0.2) is 0 Å². The molecule has 1 aromatic heterocycles. The molecule has 0 unspecified atom stereocenters. The first-order chi connectivity index (χ1) is 7.17. The Balaban J connectivity index is 2.11. The first kappa shape index (κ1) is 9.38. The van der Waals surface area contributed by atoms with Crippen LogP contribution in [0, 0.1) is 11.3 Å². The Hall–Kier alpha value is -0.850. The van der Waals surface area contributed by atoms with E-state index in [0.29, 0.717) is 10.8 Å². The van der Waals surface area contributed by atoms with Gasteiger partial charge in [-0.2, -0.15) is 0 Å². The van der Waals surface area contributed by atoms with Gasteiger partial charge < -0.3 is 0 Å². The fourth-order valence-electron chi connectivity index (χ4n) is 4.10. The third-order valence-corrected chi connectivity index (χ3v) is 5.25. The van der Waals surface area contributed by atoms with Crippen LogP contribution in [0.25, 0.3) is 0 Å². The fourth-order valence-corrected chi connectivity index (χ4v) is 4.10. The van der Waals surface area contributed by atoms with Crippen molar-refractivity contribution in [3.63, 3.8) is 0 Å². The molecule has 0 radical (unpaired) electrons. The summed E-state index contributed by atoms with van der Waals surface area (Å²) in [5, 5.41) is 0. The van der Waals surface area contributed by atoms with Gasteiger partial charge in [0, 0.05) is 17.3 Å². The summed E-state index contributed by atoms with van der Waals surface area (Å²) in [6.45, 7) is 4.90. The van der Waals surface area contributed by atoms with E-state index in [1.807, 2.05) is 12.3 Å². The molecule has 3 rings (SSSR count). The normalized spacial score (nSPS) is 37.1. The monoisotopic (exact) mass is 201 g/mol. The number of rotatable bonds is 1. The molecule has 2 aliphatic carbocycles. The third kappa shape index (κ3) is 1.01. The maximum Gasteiger partial charge on any atom is 0.0470 e. The third-order valence-electron chi connectivity index (χ3n) is 5.25. The van der Waals surface area contributed by atoms with Gasteiger partial charge in [-0.15, -0.1) is 0 Å². The van der Waals surface area contributed by atoms with Gasteiger partial charge in [-0.1, -0.05) is 19.9 Å². The van der Waals surface area contributed by atoms with Crippen LogP contribution in [-0.2, 0) is 5.41 Å². The molecule has 2 aliphatic rings. The summed E-state index contributed by atoms with van der Waals surface area (Å²) in [7, 11) is 0. The number of hydrogen-bond acceptors (Lipinski definition) is 1. The number of fused-ring (bicyclic) bond motifs is 2. The first-order valence-corrected chi connectivity index (χ1v) is 6.08. The zero-order chi connectivity index (χ0) is 10.5. The molecule has 15 heavy (non-hydrogen) atoms. The van der Waals surface area contributed by atoms with Crippen LogP contribution in [0.3, 0.4) is 0 Å². The van der Waals surface area contributed by atoms with Crippen LogP contribution in [0.15, 0.2) is 24.4 Å². The summed E-state index contributed by atoms with van der Waals surface area (Å²) in [4.78, 5) is 4.63. The van der Waals surface area contributed by atoms with E-state index in [-0.39, 0.29) is 0 Å². The van der Waals surface area contributed by atoms with Crippen molar-refractivity contribution in [1.29, 1.82) is 0 Å². The van der Waals surface area contributed by atoms with Crippen LogP contribution in [0.2, 0.25) is 0 Å². The predicted molar refractivity (Wildman–Crippen MR) is 61.7 cm³/mol. The maximum atomic E-state index is 4.63. The fraction of sp³-hybridized carbons (Fsp3) is 0.643. The van der Waals surface area contributed by atoms with Crippen LogP contribution >= 0.6 is 0 Å². The van der Waals surface area contributed by atoms with Crippen molar-refractivity contribution in [2.75, 3.05) is 0 Å². The average Bonchev–Trinajstić information content (AvgIpc) is 2.68. The highest BCUT2D eigenvalue weighted by atomic mass is 14.8. The highest BCUT2D eigenvalue weighted by Crippen LogP contribution is 2.65. The largest absolute Gasteiger partial charge is 0.261 e. The zero-order valence-corrected chi connectivity index (χ0v) is 9.66. The van der Waals surface area contributed by atoms with Gasteiger partial charge >= 0.3 is 0 Å². The van der Waals surface area contributed by atoms with Gasteiger partial charge in [-0.05, 0) is 49.1 Å². The molecule has 0 aromatic carbocycles. The summed E-state index contributed by atoms with van der Waals surface area (Å²) in [5.74, 6) is 0.930. The van der Waals surface area contributed by atoms with Crippen molar-refractivity contribution in [3.05, 3.63) is 30.1 Å². The number of aromatic nitrogens is 1. The summed E-state index contributed by atoms with van der Waals surface area (Å²) >= 11 is 0. The van der Waals surface area contributed by atoms with E-state index in [1.54, 1.807) is 0 Å². The van der Waals surface area contributed by atoms with Gasteiger partial charge in [0.25, 0.3) is 0 Å². The van der Waals surface area contributed by atoms with Crippen LogP contribution in [0.1, 0.15) is 45.2 Å². The molecule has 2 saturated carbocycles. The molecular formula is C14H19N. The lowest BCUT2D eigenvalue weighted by Gasteiger charge is -2.37. The molecule has 0 saturated heterocycles. The molecule has 2 fully saturated rings. The smallest absolute Gasteiger partial charge is 0.0470 e. The van der Waals surface area contributed by atoms with E-state index in [2.05, 4.69) is 31.0 Å². The van der Waals surface area contributed by atoms with Crippen LogP contribution in [0.5, 0.6) is 0 Å². The van der Waals surface area contributed by atoms with Crippen molar-refractivity contribution in [2.24, 2.45) is 11.3 Å². The SMILES string of the molecule is CC1(C)C2CCC1(c1ccccn1)CC2. The molecule has 0 spiro atoms. The molecule has 0 N–H and O–H groups in total. The van der Waals surface area contributed by atoms with Crippen molar-refractivity contribution in [1.82, 2.24) is 4.98 Å². The second-order valence-corrected chi connectivity index (χ2v) is 5.79. The number of nitrogens with zero attached hydrogens (tertiary/aromatic N) is 1. The van der Waals surface area contributed by atoms with Gasteiger partial charge in [0.05, 0.1) is 0 Å². The second-order valence-electron chi connectivity index (χ2n) is 5.79. The molecule has 1 nitrogen and oxygen atoms in total. The predicted octanol–water partition coefficient (Wildman–Crippen LogP) is 3.55. The highest BCUT2D eigenvalue weighted by molar-refractivity contribution is 5.27. The van der Waals surface area contributed by atoms with E-state index in [4.69, 9.17) is 0 Å². The summed E-state index contributed by atoms with van der Waals surface area (Å²) in [6, 6.07) is 6.39. The Morgan fingerprint density at radius 3 is 2.40 bits per heavy atom. The van der Waals surface area contributed by atoms with E-state index < -0.39 is 0 Å². The van der Waals surface area contributed by atoms with Crippen molar-refractivity contribution in [3.8, 4) is 0 Å². The number of pyridine rings is 1. The number of hydrogen-bond donors (Lipinski definition) is 0. The van der Waals surface area contributed by atoms with Crippen molar-refractivity contribution >= 4 is 0 Å². The Morgan fingerprint density at radius 1 is 1.20 bits per heavy atom. The molecule has 1 aromatic rings. The van der Waals surface area contributed by atoms with Gasteiger partial charge in [0.2, 0.25) is 0 Å². The lowest BCUT2D eigenvalue weighted by molar-refractivity contribution is 0.210. The minimum atomic E-state index is 0.388. The van der Waals surface area contributed by atoms with Gasteiger partial charge in [0.1, 0.15) is 0 Å². The van der Waals surface area contributed by atoms with E-state index in [9.17, 15) is 0 Å². The molecule has 1 heterocycles. The Labute approximate surface area is 91.9 Å². The van der Waals surface area contributed by atoms with E-state index >= 15 is 0 Å². The lowest BCUT2D eigenvalue weighted by atomic mass is 9.67. The van der Waals surface area contributed by atoms with Crippen LogP contribution in [-0.4, -0.2) is 4.98 Å². The highest BCUT2D eigenvalue weighted by Gasteiger charge is 2.60. The first-order valence-electron chi connectivity index (χ1n) is 6.08. The Morgan fingerprint density at radius 2 is 1.93 bits per heavy atom. The van der Waals surface area contributed by atoms with E-state index in [0.717, 1.165) is 5.92 Å². The quantitative estimate of drug-likeness (QED) is 0.677. The molecule has 0 amide bonds. The molecule has 1 heteroatoms. The topological polar surface area (TPSA) is 12.9 Å². The Kier molecular flexibility index (Phi) is 1.78. The average molecular weight is 201 g/mol. The van der Waals surface area contributed by atoms with Gasteiger partial charge in [0.15, 0.2) is 0 Å². The summed E-state index contributed by atoms with van der Waals surface area (Å²) < 4.78 is 0. The second kappa shape index (κ2) is 2.84. The summed E-state index contributed by atoms with van der Waals surface area (Å²) in [6.07, 6.45) is 7.46. The maximum absolute atomic E-state index is 4.63.